The number of aryl methyl sites for hydroxylation is 1. The second-order valence-electron chi connectivity index (χ2n) is 8.55. The summed E-state index contributed by atoms with van der Waals surface area (Å²) in [6, 6.07) is 11.4. The molecule has 194 valence electrons. The van der Waals surface area contributed by atoms with Crippen LogP contribution in [0.5, 0.6) is 0 Å². The lowest BCUT2D eigenvalue weighted by Crippen LogP contribution is -2.58. The number of rotatable bonds is 4. The Bertz CT molecular complexity index is 1330. The molecule has 6 atom stereocenters. The minimum atomic E-state index is -4.69. The maximum absolute atomic E-state index is 13.8. The van der Waals surface area contributed by atoms with Gasteiger partial charge < -0.3 is 19.3 Å². The highest BCUT2D eigenvalue weighted by Gasteiger charge is 2.51. The molecule has 0 spiro atoms. The maximum atomic E-state index is 13.8. The van der Waals surface area contributed by atoms with Crippen molar-refractivity contribution in [1.82, 2.24) is 14.8 Å². The summed E-state index contributed by atoms with van der Waals surface area (Å²) in [7, 11) is 0. The quantitative estimate of drug-likeness (QED) is 0.264. The number of hydrogen-bond acceptors (Lipinski definition) is 7. The van der Waals surface area contributed by atoms with E-state index in [0.717, 1.165) is 16.3 Å². The van der Waals surface area contributed by atoms with Crippen LogP contribution in [0, 0.1) is 6.92 Å². The van der Waals surface area contributed by atoms with Crippen LogP contribution in [0.1, 0.15) is 35.2 Å². The number of fused-ring (bicyclic) bond motifs is 1. The summed E-state index contributed by atoms with van der Waals surface area (Å²) in [6.07, 6.45) is -9.95. The molecule has 0 radical (unpaired) electrons. The summed E-state index contributed by atoms with van der Waals surface area (Å²) < 4.78 is 60.8. The second kappa shape index (κ2) is 10.0. The van der Waals surface area contributed by atoms with Crippen LogP contribution in [0.2, 0.25) is 0 Å². The molecular formula is C23H20BrF3N6O4. The molecule has 0 aliphatic carbocycles. The van der Waals surface area contributed by atoms with Crippen LogP contribution in [0.4, 0.5) is 13.2 Å². The van der Waals surface area contributed by atoms with Crippen LogP contribution < -0.4 is 0 Å². The summed E-state index contributed by atoms with van der Waals surface area (Å²) in [4.78, 5) is 7.14. The van der Waals surface area contributed by atoms with Gasteiger partial charge in [-0.15, -0.1) is 0 Å². The smallest absolute Gasteiger partial charge is 0.389 e. The topological polar surface area (TPSA) is 127 Å². The monoisotopic (exact) mass is 580 g/mol. The molecule has 0 bridgehead atoms. The van der Waals surface area contributed by atoms with E-state index >= 15 is 0 Å². The summed E-state index contributed by atoms with van der Waals surface area (Å²) in [6.45, 7) is 1.52. The van der Waals surface area contributed by atoms with E-state index in [9.17, 15) is 23.8 Å². The zero-order chi connectivity index (χ0) is 26.3. The molecule has 37 heavy (non-hydrogen) atoms. The first-order valence-electron chi connectivity index (χ1n) is 11.2. The molecule has 3 unspecified atom stereocenters. The lowest BCUT2D eigenvalue weighted by atomic mass is 9.91. The highest BCUT2D eigenvalue weighted by molar-refractivity contribution is 9.10. The van der Waals surface area contributed by atoms with Gasteiger partial charge in [0.05, 0.1) is 30.0 Å². The number of halogens is 4. The third-order valence-corrected chi connectivity index (χ3v) is 6.61. The fourth-order valence-corrected chi connectivity index (χ4v) is 4.86. The van der Waals surface area contributed by atoms with Crippen molar-refractivity contribution < 1.29 is 32.5 Å². The first-order valence-corrected chi connectivity index (χ1v) is 12.0. The van der Waals surface area contributed by atoms with E-state index in [1.54, 1.807) is 12.1 Å². The fraction of sp³-hybridized carbons (Fsp3) is 0.391. The van der Waals surface area contributed by atoms with Crippen LogP contribution in [0.15, 0.2) is 58.1 Å². The Morgan fingerprint density at radius 2 is 1.95 bits per heavy atom. The van der Waals surface area contributed by atoms with Gasteiger partial charge in [0.2, 0.25) is 0 Å². The van der Waals surface area contributed by atoms with E-state index in [1.807, 2.05) is 18.2 Å². The van der Waals surface area contributed by atoms with Crippen LogP contribution in [0.3, 0.4) is 0 Å². The Balaban J connectivity index is 1.53. The van der Waals surface area contributed by atoms with Crippen molar-refractivity contribution in [1.29, 1.82) is 0 Å². The van der Waals surface area contributed by atoms with E-state index in [2.05, 4.69) is 36.0 Å². The molecule has 2 aliphatic heterocycles. The molecule has 1 N–H and O–H groups in total. The zero-order valence-corrected chi connectivity index (χ0v) is 20.7. The van der Waals surface area contributed by atoms with E-state index < -0.39 is 48.5 Å². The Hall–Kier alpha value is -3.00. The van der Waals surface area contributed by atoms with Crippen molar-refractivity contribution in [2.75, 3.05) is 6.61 Å². The normalized spacial score (nSPS) is 27.8. The van der Waals surface area contributed by atoms with E-state index in [4.69, 9.17) is 14.2 Å². The van der Waals surface area contributed by atoms with Gasteiger partial charge in [0, 0.05) is 14.9 Å². The Morgan fingerprint density at radius 1 is 1.19 bits per heavy atom. The number of hydrogen-bond donors (Lipinski definition) is 1. The van der Waals surface area contributed by atoms with Gasteiger partial charge >= 0.3 is 6.18 Å². The number of aliphatic hydroxyl groups excluding tert-OH is 1. The van der Waals surface area contributed by atoms with Gasteiger partial charge in [0.25, 0.3) is 0 Å². The zero-order valence-electron chi connectivity index (χ0n) is 19.2. The van der Waals surface area contributed by atoms with Crippen molar-refractivity contribution >= 4 is 15.9 Å². The van der Waals surface area contributed by atoms with Crippen molar-refractivity contribution in [3.63, 3.8) is 0 Å². The van der Waals surface area contributed by atoms with Crippen molar-refractivity contribution in [2.45, 2.75) is 49.8 Å². The van der Waals surface area contributed by atoms with Gasteiger partial charge in [0.1, 0.15) is 24.1 Å². The number of azide groups is 1. The Labute approximate surface area is 216 Å². The minimum Gasteiger partial charge on any atom is -0.389 e. The lowest BCUT2D eigenvalue weighted by Gasteiger charge is -2.46. The molecule has 10 nitrogen and oxygen atoms in total. The van der Waals surface area contributed by atoms with Crippen molar-refractivity contribution in [3.8, 4) is 5.69 Å². The minimum absolute atomic E-state index is 0.0166. The largest absolute Gasteiger partial charge is 0.418 e. The van der Waals surface area contributed by atoms with Gasteiger partial charge in [-0.25, -0.2) is 9.67 Å². The SMILES string of the molecule is Cc1nc([C@@H]2OC3COC(c4ccccc4)O[C@@H]3[C@H](N=[N+]=[N-])C2O)n(-c2cc(Br)ccc2C(F)(F)F)n1. The van der Waals surface area contributed by atoms with Crippen LogP contribution in [0.25, 0.3) is 16.1 Å². The molecule has 3 heterocycles. The van der Waals surface area contributed by atoms with E-state index in [0.29, 0.717) is 4.47 Å². The molecular weight excluding hydrogens is 561 g/mol. The highest BCUT2D eigenvalue weighted by Crippen LogP contribution is 2.42. The van der Waals surface area contributed by atoms with E-state index in [1.165, 1.54) is 19.1 Å². The van der Waals surface area contributed by atoms with Gasteiger partial charge in [-0.05, 0) is 30.7 Å². The first kappa shape index (κ1) is 25.6. The summed E-state index contributed by atoms with van der Waals surface area (Å²) in [5.74, 6) is 0.0667. The third-order valence-electron chi connectivity index (χ3n) is 6.12. The average Bonchev–Trinajstić information content (AvgIpc) is 3.26. The molecule has 2 aliphatic rings. The number of aromatic nitrogens is 3. The maximum Gasteiger partial charge on any atom is 0.418 e. The Morgan fingerprint density at radius 3 is 2.65 bits per heavy atom. The summed E-state index contributed by atoms with van der Waals surface area (Å²) in [5, 5.41) is 19.2. The van der Waals surface area contributed by atoms with Crippen molar-refractivity contribution in [2.24, 2.45) is 5.11 Å². The number of aliphatic hydroxyl groups is 1. The van der Waals surface area contributed by atoms with Gasteiger partial charge in [0.15, 0.2) is 12.1 Å². The molecule has 14 heteroatoms. The predicted molar refractivity (Wildman–Crippen MR) is 125 cm³/mol. The average molecular weight is 581 g/mol. The molecule has 0 saturated carbocycles. The highest BCUT2D eigenvalue weighted by atomic mass is 79.9. The van der Waals surface area contributed by atoms with Gasteiger partial charge in [-0.3, -0.25) is 0 Å². The van der Waals surface area contributed by atoms with Crippen LogP contribution in [-0.2, 0) is 20.4 Å². The standard InChI is InChI=1S/C23H20BrF3N6O4/c1-11-29-21(33(31-11)15-9-13(24)7-8-14(15)23(25,26)27)20-18(34)17(30-32-28)19-16(36-20)10-35-22(37-19)12-5-3-2-4-6-12/h2-9,16-20,22,34H,10H2,1H3/t16?,17-,18?,19+,20-,22?/m1/s1. The van der Waals surface area contributed by atoms with Gasteiger partial charge in [-0.2, -0.15) is 18.3 Å². The predicted octanol–water partition coefficient (Wildman–Crippen LogP) is 4.95. The summed E-state index contributed by atoms with van der Waals surface area (Å²) >= 11 is 3.20. The molecule has 2 saturated heterocycles. The number of benzene rings is 2. The number of ether oxygens (including phenoxy) is 3. The Kier molecular flexibility index (Phi) is 6.96. The van der Waals surface area contributed by atoms with Crippen LogP contribution in [-0.4, -0.2) is 50.8 Å². The number of nitrogens with zero attached hydrogens (tertiary/aromatic N) is 6. The molecule has 1 aromatic heterocycles. The van der Waals surface area contributed by atoms with Crippen LogP contribution >= 0.6 is 15.9 Å². The third kappa shape index (κ3) is 4.96. The lowest BCUT2D eigenvalue weighted by molar-refractivity contribution is -0.309. The second-order valence-corrected chi connectivity index (χ2v) is 9.46. The van der Waals surface area contributed by atoms with Crippen molar-refractivity contribution in [3.05, 3.63) is 86.2 Å². The molecule has 2 aromatic carbocycles. The molecule has 3 aromatic rings. The molecule has 0 amide bonds. The molecule has 2 fully saturated rings. The first-order chi connectivity index (χ1) is 17.7. The van der Waals surface area contributed by atoms with Gasteiger partial charge in [-0.1, -0.05) is 51.4 Å². The molecule has 5 rings (SSSR count). The number of alkyl halides is 3. The fourth-order valence-electron chi connectivity index (χ4n) is 4.51. The summed E-state index contributed by atoms with van der Waals surface area (Å²) in [5.41, 5.74) is 8.68. The van der Waals surface area contributed by atoms with E-state index in [-0.39, 0.29) is 23.9 Å².